The van der Waals surface area contributed by atoms with Crippen LogP contribution in [0.25, 0.3) is 0 Å². The van der Waals surface area contributed by atoms with E-state index in [2.05, 4.69) is 16.6 Å². The zero-order chi connectivity index (χ0) is 12.8. The maximum atomic E-state index is 13.3. The molecule has 0 atom stereocenters. The maximum absolute atomic E-state index is 13.3. The van der Waals surface area contributed by atoms with Crippen LogP contribution in [0.1, 0.15) is 10.4 Å². The van der Waals surface area contributed by atoms with Crippen LogP contribution in [0.2, 0.25) is 0 Å². The first-order chi connectivity index (χ1) is 8.04. The number of carboxylic acids is 1. The van der Waals surface area contributed by atoms with Crippen molar-refractivity contribution in [2.75, 3.05) is 11.9 Å². The third-order valence-corrected chi connectivity index (χ3v) is 1.79. The van der Waals surface area contributed by atoms with E-state index in [1.165, 1.54) is 12.1 Å². The van der Waals surface area contributed by atoms with Crippen molar-refractivity contribution in [3.63, 3.8) is 0 Å². The van der Waals surface area contributed by atoms with Gasteiger partial charge in [-0.2, -0.15) is 0 Å². The van der Waals surface area contributed by atoms with Gasteiger partial charge in [0.25, 0.3) is 0 Å². The van der Waals surface area contributed by atoms with Crippen LogP contribution >= 0.6 is 0 Å². The molecule has 17 heavy (non-hydrogen) atoms. The standard InChI is InChI=1S/C11H10FNO4/c1-2-5-17-11(16)13-9-4-3-7(10(14)15)6-8(9)12/h2-4,6H,1,5H2,(H,13,16)(H,14,15). The van der Waals surface area contributed by atoms with Gasteiger partial charge in [0.2, 0.25) is 0 Å². The van der Waals surface area contributed by atoms with E-state index in [9.17, 15) is 14.0 Å². The Hall–Kier alpha value is -2.37. The van der Waals surface area contributed by atoms with Crippen molar-refractivity contribution in [1.82, 2.24) is 0 Å². The Morgan fingerprint density at radius 1 is 1.53 bits per heavy atom. The topological polar surface area (TPSA) is 75.6 Å². The van der Waals surface area contributed by atoms with Crippen LogP contribution in [0.5, 0.6) is 0 Å². The molecule has 6 heteroatoms. The molecule has 90 valence electrons. The summed E-state index contributed by atoms with van der Waals surface area (Å²) < 4.78 is 17.9. The van der Waals surface area contributed by atoms with Gasteiger partial charge < -0.3 is 9.84 Å². The van der Waals surface area contributed by atoms with Crippen molar-refractivity contribution in [3.8, 4) is 0 Å². The summed E-state index contributed by atoms with van der Waals surface area (Å²) in [4.78, 5) is 21.6. The van der Waals surface area contributed by atoms with Crippen molar-refractivity contribution < 1.29 is 23.8 Å². The van der Waals surface area contributed by atoms with Gasteiger partial charge in [0.1, 0.15) is 12.4 Å². The highest BCUT2D eigenvalue weighted by Gasteiger charge is 2.10. The number of nitrogens with one attached hydrogen (secondary N) is 1. The number of benzene rings is 1. The number of carbonyl (C=O) groups is 2. The predicted molar refractivity (Wildman–Crippen MR) is 58.5 cm³/mol. The molecule has 0 fully saturated rings. The normalized spacial score (nSPS) is 9.47. The van der Waals surface area contributed by atoms with E-state index in [0.717, 1.165) is 12.1 Å². The zero-order valence-electron chi connectivity index (χ0n) is 8.77. The second kappa shape index (κ2) is 5.64. The van der Waals surface area contributed by atoms with Gasteiger partial charge in [-0.1, -0.05) is 12.7 Å². The fourth-order valence-electron chi connectivity index (χ4n) is 1.03. The predicted octanol–water partition coefficient (Wildman–Crippen LogP) is 2.26. The van der Waals surface area contributed by atoms with Gasteiger partial charge in [-0.15, -0.1) is 0 Å². The van der Waals surface area contributed by atoms with Crippen LogP contribution in [-0.4, -0.2) is 23.8 Å². The molecule has 0 bridgehead atoms. The number of rotatable bonds is 4. The Balaban J connectivity index is 2.75. The minimum atomic E-state index is -1.25. The zero-order valence-corrected chi connectivity index (χ0v) is 8.77. The van der Waals surface area contributed by atoms with E-state index in [1.807, 2.05) is 0 Å². The molecule has 0 saturated carbocycles. The van der Waals surface area contributed by atoms with E-state index >= 15 is 0 Å². The van der Waals surface area contributed by atoms with Crippen molar-refractivity contribution >= 4 is 17.7 Å². The molecule has 2 N–H and O–H groups in total. The number of aromatic carboxylic acids is 1. The maximum Gasteiger partial charge on any atom is 0.412 e. The molecule has 0 aliphatic carbocycles. The first kappa shape index (κ1) is 12.7. The summed E-state index contributed by atoms with van der Waals surface area (Å²) in [7, 11) is 0. The van der Waals surface area contributed by atoms with Gasteiger partial charge in [-0.25, -0.2) is 14.0 Å². The summed E-state index contributed by atoms with van der Waals surface area (Å²) in [5.41, 5.74) is -0.350. The lowest BCUT2D eigenvalue weighted by Crippen LogP contribution is -2.14. The van der Waals surface area contributed by atoms with Crippen molar-refractivity contribution in [1.29, 1.82) is 0 Å². The molecule has 0 heterocycles. The molecule has 1 aromatic rings. The third-order valence-electron chi connectivity index (χ3n) is 1.79. The lowest BCUT2D eigenvalue weighted by molar-refractivity contribution is 0.0696. The van der Waals surface area contributed by atoms with E-state index in [1.54, 1.807) is 0 Å². The number of hydrogen-bond acceptors (Lipinski definition) is 3. The Bertz CT molecular complexity index is 459. The smallest absolute Gasteiger partial charge is 0.412 e. The Morgan fingerprint density at radius 2 is 2.24 bits per heavy atom. The Morgan fingerprint density at radius 3 is 2.76 bits per heavy atom. The minimum Gasteiger partial charge on any atom is -0.478 e. The number of anilines is 1. The van der Waals surface area contributed by atoms with Crippen LogP contribution in [0, 0.1) is 5.82 Å². The minimum absolute atomic E-state index is 0.000657. The molecule has 0 unspecified atom stereocenters. The summed E-state index contributed by atoms with van der Waals surface area (Å²) >= 11 is 0. The first-order valence-electron chi connectivity index (χ1n) is 4.62. The molecule has 0 aromatic heterocycles. The average Bonchev–Trinajstić information content (AvgIpc) is 2.28. The highest BCUT2D eigenvalue weighted by Crippen LogP contribution is 2.16. The summed E-state index contributed by atoms with van der Waals surface area (Å²) in [6.45, 7) is 3.34. The number of halogens is 1. The summed E-state index contributed by atoms with van der Waals surface area (Å²) in [5, 5.41) is 10.7. The fourth-order valence-corrected chi connectivity index (χ4v) is 1.03. The van der Waals surface area contributed by atoms with E-state index in [4.69, 9.17) is 5.11 Å². The second-order valence-corrected chi connectivity index (χ2v) is 3.01. The van der Waals surface area contributed by atoms with Gasteiger partial charge in [0, 0.05) is 0 Å². The van der Waals surface area contributed by atoms with Gasteiger partial charge in [-0.05, 0) is 18.2 Å². The largest absolute Gasteiger partial charge is 0.478 e. The second-order valence-electron chi connectivity index (χ2n) is 3.01. The van der Waals surface area contributed by atoms with Crippen LogP contribution in [0.15, 0.2) is 30.9 Å². The van der Waals surface area contributed by atoms with Crippen LogP contribution < -0.4 is 5.32 Å². The molecule has 0 spiro atoms. The van der Waals surface area contributed by atoms with Crippen LogP contribution in [0.4, 0.5) is 14.9 Å². The third kappa shape index (κ3) is 3.60. The lowest BCUT2D eigenvalue weighted by atomic mass is 10.2. The van der Waals surface area contributed by atoms with Crippen molar-refractivity contribution in [2.45, 2.75) is 0 Å². The lowest BCUT2D eigenvalue weighted by Gasteiger charge is -2.06. The van der Waals surface area contributed by atoms with Gasteiger partial charge in [0.15, 0.2) is 0 Å². The van der Waals surface area contributed by atoms with Crippen molar-refractivity contribution in [3.05, 3.63) is 42.2 Å². The average molecular weight is 239 g/mol. The number of ether oxygens (including phenoxy) is 1. The molecular formula is C11H10FNO4. The molecule has 0 radical (unpaired) electrons. The molecule has 0 saturated heterocycles. The molecule has 5 nitrogen and oxygen atoms in total. The quantitative estimate of drug-likeness (QED) is 0.790. The highest BCUT2D eigenvalue weighted by atomic mass is 19.1. The monoisotopic (exact) mass is 239 g/mol. The molecule has 0 aliphatic rings. The Labute approximate surface area is 96.5 Å². The fraction of sp³-hybridized carbons (Fsp3) is 0.0909. The summed E-state index contributed by atoms with van der Waals surface area (Å²) in [5.74, 6) is -2.09. The van der Waals surface area contributed by atoms with E-state index in [-0.39, 0.29) is 17.9 Å². The number of carbonyl (C=O) groups excluding carboxylic acids is 1. The first-order valence-corrected chi connectivity index (χ1v) is 4.62. The SMILES string of the molecule is C=CCOC(=O)Nc1ccc(C(=O)O)cc1F. The van der Waals surface area contributed by atoms with Gasteiger partial charge in [0.05, 0.1) is 11.3 Å². The van der Waals surface area contributed by atoms with E-state index < -0.39 is 17.9 Å². The molecule has 1 rings (SSSR count). The number of carboxylic acid groups (broad SMARTS) is 1. The van der Waals surface area contributed by atoms with Crippen LogP contribution in [0.3, 0.4) is 0 Å². The Kier molecular flexibility index (Phi) is 4.21. The van der Waals surface area contributed by atoms with Crippen molar-refractivity contribution in [2.24, 2.45) is 0 Å². The molecule has 0 aliphatic heterocycles. The molecule has 1 amide bonds. The van der Waals surface area contributed by atoms with Crippen LogP contribution in [-0.2, 0) is 4.74 Å². The molecule has 1 aromatic carbocycles. The van der Waals surface area contributed by atoms with E-state index in [0.29, 0.717) is 0 Å². The highest BCUT2D eigenvalue weighted by molar-refractivity contribution is 5.89. The van der Waals surface area contributed by atoms with Gasteiger partial charge >= 0.3 is 12.1 Å². The molecular weight excluding hydrogens is 229 g/mol. The summed E-state index contributed by atoms with van der Waals surface area (Å²) in [6.07, 6.45) is 0.524. The number of amides is 1. The van der Waals surface area contributed by atoms with Gasteiger partial charge in [-0.3, -0.25) is 5.32 Å². The summed E-state index contributed by atoms with van der Waals surface area (Å²) in [6, 6.07) is 3.13. The number of hydrogen-bond donors (Lipinski definition) is 2.